The average molecular weight is 252 g/mol. The van der Waals surface area contributed by atoms with E-state index in [4.69, 9.17) is 10.6 Å². The Kier molecular flexibility index (Phi) is 3.92. The van der Waals surface area contributed by atoms with Crippen LogP contribution in [0.3, 0.4) is 0 Å². The molecule has 2 unspecified atom stereocenters. The molecule has 0 aromatic carbocycles. The zero-order valence-electron chi connectivity index (χ0n) is 11.5. The van der Waals surface area contributed by atoms with E-state index in [9.17, 15) is 0 Å². The summed E-state index contributed by atoms with van der Waals surface area (Å²) in [6.07, 6.45) is 13.3. The zero-order valence-corrected chi connectivity index (χ0v) is 11.5. The molecule has 2 saturated carbocycles. The van der Waals surface area contributed by atoms with Crippen molar-refractivity contribution in [2.75, 3.05) is 6.61 Å². The van der Waals surface area contributed by atoms with Crippen LogP contribution in [0, 0.1) is 11.8 Å². The number of ether oxygens (including phenoxy) is 1. The first-order valence-corrected chi connectivity index (χ1v) is 7.93. The SMILES string of the molecule is NNC(C1CCCCC1)C1CCOC2(CCC2)C1. The van der Waals surface area contributed by atoms with Crippen LogP contribution in [-0.2, 0) is 4.74 Å². The zero-order chi connectivity index (χ0) is 12.4. The fraction of sp³-hybridized carbons (Fsp3) is 1.00. The lowest BCUT2D eigenvalue weighted by molar-refractivity contribution is -0.149. The highest BCUT2D eigenvalue weighted by Crippen LogP contribution is 2.46. The molecule has 2 aliphatic carbocycles. The molecule has 3 rings (SSSR count). The van der Waals surface area contributed by atoms with E-state index in [-0.39, 0.29) is 5.60 Å². The Morgan fingerprint density at radius 1 is 1.00 bits per heavy atom. The van der Waals surface area contributed by atoms with Gasteiger partial charge < -0.3 is 4.74 Å². The maximum absolute atomic E-state index is 6.05. The standard InChI is InChI=1S/C15H28N2O/c16-17-14(12-5-2-1-3-6-12)13-7-10-18-15(11-13)8-4-9-15/h12-14,17H,1-11,16H2. The molecule has 3 nitrogen and oxygen atoms in total. The van der Waals surface area contributed by atoms with Crippen molar-refractivity contribution in [1.29, 1.82) is 0 Å². The number of hydrazine groups is 1. The van der Waals surface area contributed by atoms with Crippen molar-refractivity contribution in [3.8, 4) is 0 Å². The molecular weight excluding hydrogens is 224 g/mol. The number of nitrogens with one attached hydrogen (secondary N) is 1. The van der Waals surface area contributed by atoms with Crippen molar-refractivity contribution >= 4 is 0 Å². The first kappa shape index (κ1) is 12.9. The summed E-state index contributed by atoms with van der Waals surface area (Å²) in [5.74, 6) is 7.44. The lowest BCUT2D eigenvalue weighted by atomic mass is 9.67. The van der Waals surface area contributed by atoms with Crippen LogP contribution < -0.4 is 11.3 Å². The molecule has 1 heterocycles. The number of hydrogen-bond donors (Lipinski definition) is 2. The Labute approximate surface area is 111 Å². The Hall–Kier alpha value is -0.120. The van der Waals surface area contributed by atoms with Gasteiger partial charge in [0.15, 0.2) is 0 Å². The first-order chi connectivity index (χ1) is 8.83. The molecule has 0 radical (unpaired) electrons. The van der Waals surface area contributed by atoms with Gasteiger partial charge in [0.25, 0.3) is 0 Å². The Bertz CT molecular complexity index is 272. The summed E-state index contributed by atoms with van der Waals surface area (Å²) in [5, 5.41) is 0. The number of hydrogen-bond acceptors (Lipinski definition) is 3. The third kappa shape index (κ3) is 2.45. The van der Waals surface area contributed by atoms with Crippen molar-refractivity contribution in [3.05, 3.63) is 0 Å². The highest BCUT2D eigenvalue weighted by molar-refractivity contribution is 4.97. The van der Waals surface area contributed by atoms with E-state index < -0.39 is 0 Å². The fourth-order valence-electron chi connectivity index (χ4n) is 4.44. The Morgan fingerprint density at radius 2 is 1.78 bits per heavy atom. The molecule has 0 aromatic rings. The minimum Gasteiger partial charge on any atom is -0.375 e. The van der Waals surface area contributed by atoms with Crippen LogP contribution in [-0.4, -0.2) is 18.2 Å². The van der Waals surface area contributed by atoms with Crippen LogP contribution in [0.25, 0.3) is 0 Å². The molecule has 0 amide bonds. The van der Waals surface area contributed by atoms with Crippen molar-refractivity contribution in [2.24, 2.45) is 17.7 Å². The van der Waals surface area contributed by atoms with E-state index in [0.717, 1.165) is 18.4 Å². The molecular formula is C15H28N2O. The van der Waals surface area contributed by atoms with Crippen LogP contribution in [0.15, 0.2) is 0 Å². The van der Waals surface area contributed by atoms with Gasteiger partial charge >= 0.3 is 0 Å². The molecule has 3 fully saturated rings. The van der Waals surface area contributed by atoms with Crippen molar-refractivity contribution < 1.29 is 4.74 Å². The van der Waals surface area contributed by atoms with Gasteiger partial charge in [-0.05, 0) is 56.8 Å². The van der Waals surface area contributed by atoms with E-state index in [1.165, 1.54) is 64.2 Å². The Balaban J connectivity index is 1.63. The van der Waals surface area contributed by atoms with E-state index in [1.807, 2.05) is 0 Å². The molecule has 104 valence electrons. The predicted molar refractivity (Wildman–Crippen MR) is 72.9 cm³/mol. The molecule has 3 N–H and O–H groups in total. The summed E-state index contributed by atoms with van der Waals surface area (Å²) in [7, 11) is 0. The predicted octanol–water partition coefficient (Wildman–Crippen LogP) is 2.75. The quantitative estimate of drug-likeness (QED) is 0.600. The minimum atomic E-state index is 0.257. The van der Waals surface area contributed by atoms with E-state index in [0.29, 0.717) is 6.04 Å². The summed E-state index contributed by atoms with van der Waals surface area (Å²) < 4.78 is 6.05. The normalized spacial score (nSPS) is 34.2. The van der Waals surface area contributed by atoms with E-state index in [1.54, 1.807) is 0 Å². The topological polar surface area (TPSA) is 47.3 Å². The van der Waals surface area contributed by atoms with Crippen molar-refractivity contribution in [3.63, 3.8) is 0 Å². The third-order valence-electron chi connectivity index (χ3n) is 5.65. The second-order valence-electron chi connectivity index (χ2n) is 6.73. The van der Waals surface area contributed by atoms with Gasteiger partial charge in [0.05, 0.1) is 5.60 Å². The fourth-order valence-corrected chi connectivity index (χ4v) is 4.44. The largest absolute Gasteiger partial charge is 0.375 e. The van der Waals surface area contributed by atoms with Crippen molar-refractivity contribution in [2.45, 2.75) is 75.9 Å². The maximum atomic E-state index is 6.05. The minimum absolute atomic E-state index is 0.257. The van der Waals surface area contributed by atoms with Crippen LogP contribution in [0.1, 0.15) is 64.2 Å². The lowest BCUT2D eigenvalue weighted by Gasteiger charge is -2.50. The van der Waals surface area contributed by atoms with Gasteiger partial charge in [-0.25, -0.2) is 0 Å². The van der Waals surface area contributed by atoms with E-state index in [2.05, 4.69) is 5.43 Å². The molecule has 1 spiro atoms. The van der Waals surface area contributed by atoms with Crippen LogP contribution in [0.2, 0.25) is 0 Å². The summed E-state index contributed by atoms with van der Waals surface area (Å²) in [5.41, 5.74) is 3.43. The highest BCUT2D eigenvalue weighted by atomic mass is 16.5. The highest BCUT2D eigenvalue weighted by Gasteiger charge is 2.45. The van der Waals surface area contributed by atoms with Gasteiger partial charge in [0.2, 0.25) is 0 Å². The number of rotatable bonds is 3. The molecule has 0 aromatic heterocycles. The smallest absolute Gasteiger partial charge is 0.0685 e. The second-order valence-corrected chi connectivity index (χ2v) is 6.73. The van der Waals surface area contributed by atoms with Gasteiger partial charge in [-0.15, -0.1) is 0 Å². The molecule has 0 bridgehead atoms. The lowest BCUT2D eigenvalue weighted by Crippen LogP contribution is -2.54. The summed E-state index contributed by atoms with van der Waals surface area (Å²) >= 11 is 0. The monoisotopic (exact) mass is 252 g/mol. The van der Waals surface area contributed by atoms with Gasteiger partial charge in [0.1, 0.15) is 0 Å². The second kappa shape index (κ2) is 5.48. The average Bonchev–Trinajstić information content (AvgIpc) is 2.39. The third-order valence-corrected chi connectivity index (χ3v) is 5.65. The van der Waals surface area contributed by atoms with Crippen LogP contribution in [0.4, 0.5) is 0 Å². The van der Waals surface area contributed by atoms with Gasteiger partial charge in [-0.1, -0.05) is 19.3 Å². The van der Waals surface area contributed by atoms with E-state index >= 15 is 0 Å². The molecule has 1 saturated heterocycles. The molecule has 3 aliphatic rings. The molecule has 2 atom stereocenters. The van der Waals surface area contributed by atoms with Crippen molar-refractivity contribution in [1.82, 2.24) is 5.43 Å². The molecule has 18 heavy (non-hydrogen) atoms. The summed E-state index contributed by atoms with van der Waals surface area (Å²) in [6.45, 7) is 0.954. The van der Waals surface area contributed by atoms with Gasteiger partial charge in [0, 0.05) is 12.6 Å². The summed E-state index contributed by atoms with van der Waals surface area (Å²) in [4.78, 5) is 0. The van der Waals surface area contributed by atoms with Gasteiger partial charge in [-0.2, -0.15) is 0 Å². The summed E-state index contributed by atoms with van der Waals surface area (Å²) in [6, 6.07) is 0.534. The number of nitrogens with two attached hydrogens (primary N) is 1. The van der Waals surface area contributed by atoms with Gasteiger partial charge in [-0.3, -0.25) is 11.3 Å². The first-order valence-electron chi connectivity index (χ1n) is 7.93. The maximum Gasteiger partial charge on any atom is 0.0685 e. The molecule has 1 aliphatic heterocycles. The van der Waals surface area contributed by atoms with Crippen LogP contribution >= 0.6 is 0 Å². The van der Waals surface area contributed by atoms with Crippen LogP contribution in [0.5, 0.6) is 0 Å². The molecule has 3 heteroatoms. The Morgan fingerprint density at radius 3 is 2.39 bits per heavy atom.